The maximum Gasteiger partial charge on any atom is 0.135 e. The summed E-state index contributed by atoms with van der Waals surface area (Å²) in [5, 5.41) is 9.12. The molecule has 0 bridgehead atoms. The van der Waals surface area contributed by atoms with E-state index >= 15 is 0 Å². The Bertz CT molecular complexity index is 4090. The Labute approximate surface area is 438 Å². The third kappa shape index (κ3) is 7.99. The van der Waals surface area contributed by atoms with Crippen molar-refractivity contribution in [3.8, 4) is 28.4 Å². The molecular formula is C66H57N4OPt-3. The number of hydrogen-bond donors (Lipinski definition) is 0. The number of fused-ring (bicyclic) bond motifs is 10. The van der Waals surface area contributed by atoms with Crippen LogP contribution in [0.15, 0.2) is 176 Å². The standard InChI is InChI=1S/C66H57N4O.Pt/c1-64(2,3)43-19-14-18-42(36-43)49-25-16-26-55-50-22-10-11-23-51(50)57-37-44(65(4,5)6)30-32-52(57)56-27-17-29-59-63(56)69(62(49)55)41-68(59)46-20-15-21-47(39-46)71-48-31-33-54-53-24-12-13-28-58(53)70(60(54)40-48)61-38-45(34-35-67-61)66(7,8)9;/h10-38,41H,1-9H3;/q-3;/i14D;. The van der Waals surface area contributed by atoms with Crippen molar-refractivity contribution in [2.45, 2.75) is 78.6 Å². The van der Waals surface area contributed by atoms with Crippen LogP contribution in [0.25, 0.3) is 82.1 Å². The van der Waals surface area contributed by atoms with Gasteiger partial charge in [0, 0.05) is 50.0 Å². The van der Waals surface area contributed by atoms with E-state index in [4.69, 9.17) is 11.1 Å². The molecule has 3 aromatic heterocycles. The maximum atomic E-state index is 9.09. The number of benzene rings is 8. The second-order valence-corrected chi connectivity index (χ2v) is 22.1. The molecule has 0 radical (unpaired) electrons. The van der Waals surface area contributed by atoms with Crippen LogP contribution >= 0.6 is 0 Å². The molecule has 0 saturated carbocycles. The van der Waals surface area contributed by atoms with Crippen LogP contribution in [0, 0.1) is 18.8 Å². The van der Waals surface area contributed by atoms with Gasteiger partial charge in [-0.1, -0.05) is 189 Å². The van der Waals surface area contributed by atoms with Crippen LogP contribution in [0.5, 0.6) is 11.5 Å². The fourth-order valence-electron chi connectivity index (χ4n) is 10.5. The third-order valence-electron chi connectivity index (χ3n) is 14.3. The summed E-state index contributed by atoms with van der Waals surface area (Å²) in [4.78, 5) is 7.13. The van der Waals surface area contributed by atoms with Gasteiger partial charge < -0.3 is 18.8 Å². The summed E-state index contributed by atoms with van der Waals surface area (Å²) in [5.41, 5.74) is 11.3. The van der Waals surface area contributed by atoms with Crippen molar-refractivity contribution in [3.05, 3.63) is 212 Å². The van der Waals surface area contributed by atoms with Crippen LogP contribution in [0.4, 0.5) is 11.4 Å². The van der Waals surface area contributed by atoms with Gasteiger partial charge in [-0.2, -0.15) is 12.1 Å². The van der Waals surface area contributed by atoms with Crippen molar-refractivity contribution in [1.29, 1.82) is 0 Å². The van der Waals surface area contributed by atoms with Crippen molar-refractivity contribution in [2.24, 2.45) is 0 Å². The zero-order valence-corrected chi connectivity index (χ0v) is 44.5. The van der Waals surface area contributed by atoms with Gasteiger partial charge in [0.05, 0.1) is 1.37 Å². The van der Waals surface area contributed by atoms with Crippen molar-refractivity contribution in [3.63, 3.8) is 0 Å². The van der Waals surface area contributed by atoms with E-state index in [-0.39, 0.29) is 37.3 Å². The Kier molecular flexibility index (Phi) is 11.1. The summed E-state index contributed by atoms with van der Waals surface area (Å²) in [6, 6.07) is 66.3. The number of para-hydroxylation sites is 3. The number of ether oxygens (including phenoxy) is 1. The number of aromatic nitrogens is 3. The van der Waals surface area contributed by atoms with Crippen LogP contribution in [0.2, 0.25) is 0 Å². The van der Waals surface area contributed by atoms with Gasteiger partial charge in [-0.25, -0.2) is 4.98 Å². The van der Waals surface area contributed by atoms with E-state index in [9.17, 15) is 0 Å². The van der Waals surface area contributed by atoms with Crippen molar-refractivity contribution < 1.29 is 27.2 Å². The first kappa shape index (κ1) is 45.8. The Balaban J connectivity index is 0.00000574. The SMILES string of the molecule is [2H]c1cc(-c2cccc3c4ccccc4c4cc(C(C)(C)C)ccc4c4cccc5c4n(c23)[CH-]N5c2[c-]c(Oc3[c-]c4c(cc3)c3ccccc3n4-c3cc(C(C)(C)C)ccn3)ccc2)cc(C(C)(C)C)c1.[Pt]. The summed E-state index contributed by atoms with van der Waals surface area (Å²) in [6.07, 6.45) is 1.90. The van der Waals surface area contributed by atoms with Crippen molar-refractivity contribution in [1.82, 2.24) is 14.1 Å². The van der Waals surface area contributed by atoms with Crippen LogP contribution < -0.4 is 9.64 Å². The number of rotatable bonds is 5. The number of nitrogens with zero attached hydrogens (tertiary/aromatic N) is 4. The predicted molar refractivity (Wildman–Crippen MR) is 298 cm³/mol. The Morgan fingerprint density at radius 1 is 0.514 bits per heavy atom. The summed E-state index contributed by atoms with van der Waals surface area (Å²) < 4.78 is 20.5. The van der Waals surface area contributed by atoms with Gasteiger partial charge in [0.1, 0.15) is 5.82 Å². The Morgan fingerprint density at radius 2 is 1.12 bits per heavy atom. The maximum absolute atomic E-state index is 9.09. The van der Waals surface area contributed by atoms with E-state index in [0.29, 0.717) is 17.5 Å². The molecule has 0 unspecified atom stereocenters. The van der Waals surface area contributed by atoms with Crippen LogP contribution in [0.3, 0.4) is 0 Å². The average molecular weight is 1120 g/mol. The first-order valence-corrected chi connectivity index (χ1v) is 24.7. The van der Waals surface area contributed by atoms with E-state index in [1.165, 1.54) is 21.9 Å². The van der Waals surface area contributed by atoms with Crippen LogP contribution in [-0.2, 0) is 37.3 Å². The summed E-state index contributed by atoms with van der Waals surface area (Å²) in [6.45, 7) is 22.4. The molecule has 0 fully saturated rings. The molecule has 360 valence electrons. The normalized spacial score (nSPS) is 13.0. The minimum atomic E-state index is -0.151. The van der Waals surface area contributed by atoms with E-state index in [0.717, 1.165) is 88.3 Å². The minimum absolute atomic E-state index is 0. The summed E-state index contributed by atoms with van der Waals surface area (Å²) in [5.74, 6) is 2.00. The molecule has 0 aliphatic carbocycles. The van der Waals surface area contributed by atoms with E-state index in [2.05, 4.69) is 229 Å². The minimum Gasteiger partial charge on any atom is -0.509 e. The molecule has 0 spiro atoms. The molecule has 72 heavy (non-hydrogen) atoms. The van der Waals surface area contributed by atoms with Gasteiger partial charge >= 0.3 is 0 Å². The quantitative estimate of drug-likeness (QED) is 0.161. The topological polar surface area (TPSA) is 35.2 Å². The fraction of sp³-hybridized carbons (Fsp3) is 0.182. The average Bonchev–Trinajstić information content (AvgIpc) is 3.92. The van der Waals surface area contributed by atoms with Gasteiger partial charge in [-0.15, -0.1) is 35.7 Å². The summed E-state index contributed by atoms with van der Waals surface area (Å²) >= 11 is 0. The van der Waals surface area contributed by atoms with Gasteiger partial charge in [-0.05, 0) is 124 Å². The van der Waals surface area contributed by atoms with Crippen LogP contribution in [0.1, 0.15) is 80.4 Å². The van der Waals surface area contributed by atoms with E-state index in [1.807, 2.05) is 36.5 Å². The zero-order valence-electron chi connectivity index (χ0n) is 43.3. The molecule has 11 aromatic rings. The molecule has 1 aliphatic rings. The first-order chi connectivity index (χ1) is 34.5. The predicted octanol–water partition coefficient (Wildman–Crippen LogP) is 17.8. The second-order valence-electron chi connectivity index (χ2n) is 22.1. The number of hydrogen-bond acceptors (Lipinski definition) is 3. The number of pyridine rings is 1. The zero-order chi connectivity index (χ0) is 49.8. The Hall–Kier alpha value is -7.33. The van der Waals surface area contributed by atoms with Gasteiger partial charge in [0.2, 0.25) is 0 Å². The molecule has 12 rings (SSSR count). The summed E-state index contributed by atoms with van der Waals surface area (Å²) in [7, 11) is 0. The largest absolute Gasteiger partial charge is 0.509 e. The Morgan fingerprint density at radius 3 is 1.89 bits per heavy atom. The van der Waals surface area contributed by atoms with Crippen molar-refractivity contribution >= 4 is 76.5 Å². The van der Waals surface area contributed by atoms with Gasteiger partial charge in [0.25, 0.3) is 0 Å². The molecule has 0 N–H and O–H groups in total. The smallest absolute Gasteiger partial charge is 0.135 e. The second kappa shape index (κ2) is 17.5. The van der Waals surface area contributed by atoms with Crippen molar-refractivity contribution in [2.75, 3.05) is 4.90 Å². The van der Waals surface area contributed by atoms with E-state index in [1.54, 1.807) is 0 Å². The molecule has 1 aliphatic heterocycles. The van der Waals surface area contributed by atoms with Gasteiger partial charge in [-0.3, -0.25) is 0 Å². The number of anilines is 2. The molecule has 5 nitrogen and oxygen atoms in total. The monoisotopic (exact) mass is 1120 g/mol. The molecule has 0 atom stereocenters. The van der Waals surface area contributed by atoms with Crippen LogP contribution in [-0.4, -0.2) is 14.1 Å². The first-order valence-electron chi connectivity index (χ1n) is 25.2. The van der Waals surface area contributed by atoms with E-state index < -0.39 is 0 Å². The molecule has 6 heteroatoms. The molecule has 4 heterocycles. The molecule has 0 amide bonds. The van der Waals surface area contributed by atoms with Gasteiger partial charge in [0.15, 0.2) is 0 Å². The molecular weight excluding hydrogens is 1060 g/mol. The third-order valence-corrected chi connectivity index (χ3v) is 14.3. The molecule has 0 saturated heterocycles. The molecule has 8 aromatic carbocycles. The fourth-order valence-corrected chi connectivity index (χ4v) is 10.5.